The predicted molar refractivity (Wildman–Crippen MR) is 98.1 cm³/mol. The molecule has 1 amide bonds. The van der Waals surface area contributed by atoms with Gasteiger partial charge in [-0.1, -0.05) is 15.9 Å². The SMILES string of the molecule is Cc1cc(Br)ccc1NC(=O)CN1C(=S)NC(C)(C)C[C@H]1C. The highest BCUT2D eigenvalue weighted by atomic mass is 79.9. The van der Waals surface area contributed by atoms with Crippen LogP contribution in [0.15, 0.2) is 22.7 Å². The van der Waals surface area contributed by atoms with E-state index in [4.69, 9.17) is 12.2 Å². The summed E-state index contributed by atoms with van der Waals surface area (Å²) in [5.74, 6) is -0.0545. The second-order valence-electron chi connectivity index (χ2n) is 6.50. The fourth-order valence-corrected chi connectivity index (χ4v) is 3.80. The molecule has 1 aromatic carbocycles. The average molecular weight is 384 g/mol. The van der Waals surface area contributed by atoms with E-state index in [1.807, 2.05) is 30.0 Å². The second kappa shape index (κ2) is 6.54. The van der Waals surface area contributed by atoms with Crippen molar-refractivity contribution in [3.8, 4) is 0 Å². The Bertz CT molecular complexity index is 603. The molecule has 2 N–H and O–H groups in total. The van der Waals surface area contributed by atoms with Crippen molar-refractivity contribution < 1.29 is 4.79 Å². The van der Waals surface area contributed by atoms with Crippen LogP contribution in [0.25, 0.3) is 0 Å². The topological polar surface area (TPSA) is 44.4 Å². The summed E-state index contributed by atoms with van der Waals surface area (Å²) >= 11 is 8.83. The van der Waals surface area contributed by atoms with E-state index < -0.39 is 0 Å². The smallest absolute Gasteiger partial charge is 0.243 e. The molecule has 22 heavy (non-hydrogen) atoms. The Balaban J connectivity index is 2.01. The number of nitrogens with one attached hydrogen (secondary N) is 2. The Kier molecular flexibility index (Phi) is 5.12. The lowest BCUT2D eigenvalue weighted by Crippen LogP contribution is -2.61. The summed E-state index contributed by atoms with van der Waals surface area (Å²) in [7, 11) is 0. The lowest BCUT2D eigenvalue weighted by Gasteiger charge is -2.44. The highest BCUT2D eigenvalue weighted by Gasteiger charge is 2.33. The minimum atomic E-state index is -0.0545. The van der Waals surface area contributed by atoms with E-state index >= 15 is 0 Å². The van der Waals surface area contributed by atoms with Crippen molar-refractivity contribution in [1.29, 1.82) is 0 Å². The number of carbonyl (C=O) groups is 1. The lowest BCUT2D eigenvalue weighted by molar-refractivity contribution is -0.117. The van der Waals surface area contributed by atoms with Gasteiger partial charge in [-0.25, -0.2) is 0 Å². The van der Waals surface area contributed by atoms with Gasteiger partial charge >= 0.3 is 0 Å². The highest BCUT2D eigenvalue weighted by Crippen LogP contribution is 2.23. The molecule has 0 aromatic heterocycles. The monoisotopic (exact) mass is 383 g/mol. The Labute approximate surface area is 145 Å². The van der Waals surface area contributed by atoms with E-state index in [-0.39, 0.29) is 24.0 Å². The Hall–Kier alpha value is -1.14. The van der Waals surface area contributed by atoms with Gasteiger partial charge in [-0.2, -0.15) is 0 Å². The fourth-order valence-electron chi connectivity index (χ4n) is 2.80. The summed E-state index contributed by atoms with van der Waals surface area (Å²) in [4.78, 5) is 14.3. The Morgan fingerprint density at radius 2 is 2.23 bits per heavy atom. The van der Waals surface area contributed by atoms with Crippen LogP contribution in [0.3, 0.4) is 0 Å². The van der Waals surface area contributed by atoms with Crippen LogP contribution in [-0.4, -0.2) is 34.0 Å². The van der Waals surface area contributed by atoms with Gasteiger partial charge in [0.05, 0.1) is 6.54 Å². The van der Waals surface area contributed by atoms with Gasteiger partial charge in [0, 0.05) is 21.7 Å². The van der Waals surface area contributed by atoms with Gasteiger partial charge in [-0.05, 0) is 70.1 Å². The maximum atomic E-state index is 12.3. The molecule has 1 saturated heterocycles. The normalized spacial score (nSPS) is 20.5. The first-order chi connectivity index (χ1) is 10.2. The summed E-state index contributed by atoms with van der Waals surface area (Å²) in [5, 5.41) is 6.90. The third-order valence-electron chi connectivity index (χ3n) is 3.82. The van der Waals surface area contributed by atoms with Crippen molar-refractivity contribution in [2.75, 3.05) is 11.9 Å². The van der Waals surface area contributed by atoms with E-state index in [0.29, 0.717) is 5.11 Å². The molecule has 0 saturated carbocycles. The number of benzene rings is 1. The molecule has 1 atom stereocenters. The first-order valence-corrected chi connectivity index (χ1v) is 8.53. The number of rotatable bonds is 3. The van der Waals surface area contributed by atoms with Crippen molar-refractivity contribution in [3.63, 3.8) is 0 Å². The van der Waals surface area contributed by atoms with Gasteiger partial charge in [-0.3, -0.25) is 4.79 Å². The van der Waals surface area contributed by atoms with Crippen LogP contribution in [-0.2, 0) is 4.79 Å². The summed E-state index contributed by atoms with van der Waals surface area (Å²) in [6.07, 6.45) is 0.942. The number of thiocarbonyl (C=S) groups is 1. The molecule has 6 heteroatoms. The zero-order valence-corrected chi connectivity index (χ0v) is 15.8. The van der Waals surface area contributed by atoms with Crippen LogP contribution in [0.2, 0.25) is 0 Å². The number of halogens is 1. The number of hydrogen-bond acceptors (Lipinski definition) is 2. The second-order valence-corrected chi connectivity index (χ2v) is 7.80. The maximum absolute atomic E-state index is 12.3. The summed E-state index contributed by atoms with van der Waals surface area (Å²) in [6, 6.07) is 6.03. The summed E-state index contributed by atoms with van der Waals surface area (Å²) in [5.41, 5.74) is 1.83. The van der Waals surface area contributed by atoms with E-state index in [9.17, 15) is 4.79 Å². The number of nitrogens with zero attached hydrogens (tertiary/aromatic N) is 1. The predicted octanol–water partition coefficient (Wildman–Crippen LogP) is 3.44. The third kappa shape index (κ3) is 4.20. The lowest BCUT2D eigenvalue weighted by atomic mass is 9.93. The number of anilines is 1. The van der Waals surface area contributed by atoms with Crippen LogP contribution in [0.1, 0.15) is 32.8 Å². The van der Waals surface area contributed by atoms with Crippen LogP contribution < -0.4 is 10.6 Å². The van der Waals surface area contributed by atoms with Crippen LogP contribution in [0, 0.1) is 6.92 Å². The van der Waals surface area contributed by atoms with Gasteiger partial charge in [0.2, 0.25) is 5.91 Å². The van der Waals surface area contributed by atoms with Crippen molar-refractivity contribution in [2.24, 2.45) is 0 Å². The molecule has 1 aliphatic rings. The molecule has 0 unspecified atom stereocenters. The van der Waals surface area contributed by atoms with Crippen molar-refractivity contribution in [3.05, 3.63) is 28.2 Å². The van der Waals surface area contributed by atoms with E-state index in [1.54, 1.807) is 0 Å². The molecule has 0 bridgehead atoms. The van der Waals surface area contributed by atoms with Crippen LogP contribution in [0.5, 0.6) is 0 Å². The largest absolute Gasteiger partial charge is 0.358 e. The fraction of sp³-hybridized carbons (Fsp3) is 0.500. The van der Waals surface area contributed by atoms with Gasteiger partial charge in [0.25, 0.3) is 0 Å². The molecule has 120 valence electrons. The quantitative estimate of drug-likeness (QED) is 0.784. The standard InChI is InChI=1S/C16H22BrN3OS/c1-10-7-12(17)5-6-13(10)18-14(21)9-20-11(2)8-16(3,4)19-15(20)22/h5-7,11H,8-9H2,1-4H3,(H,18,21)(H,19,22)/t11-/m1/s1. The molecule has 4 nitrogen and oxygen atoms in total. The van der Waals surface area contributed by atoms with Gasteiger partial charge in [0.15, 0.2) is 5.11 Å². The van der Waals surface area contributed by atoms with E-state index in [2.05, 4.69) is 47.3 Å². The number of aryl methyl sites for hydroxylation is 1. The molecule has 0 spiro atoms. The third-order valence-corrected chi connectivity index (χ3v) is 4.65. The molecular weight excluding hydrogens is 362 g/mol. The van der Waals surface area contributed by atoms with Gasteiger partial charge in [-0.15, -0.1) is 0 Å². The molecule has 1 fully saturated rings. The van der Waals surface area contributed by atoms with Crippen LogP contribution in [0.4, 0.5) is 5.69 Å². The minimum absolute atomic E-state index is 0.0221. The zero-order chi connectivity index (χ0) is 16.5. The van der Waals surface area contributed by atoms with Crippen molar-refractivity contribution in [2.45, 2.75) is 45.7 Å². The molecule has 2 rings (SSSR count). The molecule has 1 heterocycles. The first kappa shape index (κ1) is 17.2. The van der Waals surface area contributed by atoms with Crippen molar-refractivity contribution >= 4 is 44.9 Å². The Morgan fingerprint density at radius 1 is 1.55 bits per heavy atom. The van der Waals surface area contributed by atoms with Crippen LogP contribution >= 0.6 is 28.1 Å². The average Bonchev–Trinajstić information content (AvgIpc) is 2.36. The molecule has 0 radical (unpaired) electrons. The minimum Gasteiger partial charge on any atom is -0.358 e. The first-order valence-electron chi connectivity index (χ1n) is 7.33. The van der Waals surface area contributed by atoms with E-state index in [1.165, 1.54) is 0 Å². The molecule has 0 aliphatic carbocycles. The number of amides is 1. The zero-order valence-electron chi connectivity index (χ0n) is 13.4. The van der Waals surface area contributed by atoms with E-state index in [0.717, 1.165) is 22.1 Å². The Morgan fingerprint density at radius 3 is 2.82 bits per heavy atom. The highest BCUT2D eigenvalue weighted by molar-refractivity contribution is 9.10. The number of carbonyl (C=O) groups excluding carboxylic acids is 1. The molecule has 1 aromatic rings. The maximum Gasteiger partial charge on any atom is 0.243 e. The van der Waals surface area contributed by atoms with Gasteiger partial charge < -0.3 is 15.5 Å². The summed E-state index contributed by atoms with van der Waals surface area (Å²) < 4.78 is 1.00. The van der Waals surface area contributed by atoms with Crippen molar-refractivity contribution in [1.82, 2.24) is 10.2 Å². The summed E-state index contributed by atoms with van der Waals surface area (Å²) in [6.45, 7) is 8.58. The molecular formula is C16H22BrN3OS. The van der Waals surface area contributed by atoms with Gasteiger partial charge in [0.1, 0.15) is 0 Å². The molecule has 1 aliphatic heterocycles. The number of hydrogen-bond donors (Lipinski definition) is 2.